The van der Waals surface area contributed by atoms with Gasteiger partial charge in [0.1, 0.15) is 0 Å². The maximum Gasteiger partial charge on any atom is 0.0175 e. The molecule has 1 aliphatic rings. The summed E-state index contributed by atoms with van der Waals surface area (Å²) in [5, 5.41) is 1.15. The van der Waals surface area contributed by atoms with Gasteiger partial charge in [-0.25, -0.2) is 0 Å². The molecule has 1 aliphatic carbocycles. The van der Waals surface area contributed by atoms with E-state index in [9.17, 15) is 0 Å². The molecule has 2 rings (SSSR count). The van der Waals surface area contributed by atoms with Gasteiger partial charge < -0.3 is 0 Å². The first kappa shape index (κ1) is 12.6. The maximum atomic E-state index is 3.73. The van der Waals surface area contributed by atoms with Gasteiger partial charge in [0.25, 0.3) is 0 Å². The first-order valence-electron chi connectivity index (χ1n) is 6.05. The van der Waals surface area contributed by atoms with E-state index < -0.39 is 0 Å². The molecule has 0 nitrogen and oxygen atoms in total. The summed E-state index contributed by atoms with van der Waals surface area (Å²) in [5.41, 5.74) is 2.00. The third kappa shape index (κ3) is 3.10. The summed E-state index contributed by atoms with van der Waals surface area (Å²) in [6.45, 7) is 0. The number of hydrogen-bond acceptors (Lipinski definition) is 0. The van der Waals surface area contributed by atoms with Crippen LogP contribution in [0.1, 0.15) is 37.7 Å². The SMILES string of the molecule is BrCC1(Cc2ccc(Br)cc2)CCCCC1. The molecule has 0 atom stereocenters. The Kier molecular flexibility index (Phi) is 4.48. The zero-order chi connectivity index (χ0) is 11.4. The molecule has 1 saturated carbocycles. The molecule has 0 radical (unpaired) electrons. The quantitative estimate of drug-likeness (QED) is 0.649. The van der Waals surface area contributed by atoms with Crippen molar-refractivity contribution >= 4 is 31.9 Å². The van der Waals surface area contributed by atoms with Crippen molar-refractivity contribution in [1.82, 2.24) is 0 Å². The molecule has 1 aromatic carbocycles. The van der Waals surface area contributed by atoms with Gasteiger partial charge in [-0.2, -0.15) is 0 Å². The zero-order valence-electron chi connectivity index (χ0n) is 9.52. The summed E-state index contributed by atoms with van der Waals surface area (Å²) in [7, 11) is 0. The van der Waals surface area contributed by atoms with E-state index >= 15 is 0 Å². The second kappa shape index (κ2) is 5.68. The van der Waals surface area contributed by atoms with Gasteiger partial charge in [-0.3, -0.25) is 0 Å². The lowest BCUT2D eigenvalue weighted by molar-refractivity contribution is 0.223. The molecule has 0 heterocycles. The Balaban J connectivity index is 2.08. The monoisotopic (exact) mass is 344 g/mol. The van der Waals surface area contributed by atoms with E-state index in [2.05, 4.69) is 56.1 Å². The molecule has 88 valence electrons. The fourth-order valence-electron chi connectivity index (χ4n) is 2.69. The van der Waals surface area contributed by atoms with Crippen molar-refractivity contribution in [2.45, 2.75) is 38.5 Å². The van der Waals surface area contributed by atoms with Gasteiger partial charge in [-0.1, -0.05) is 63.3 Å². The van der Waals surface area contributed by atoms with Crippen LogP contribution in [0.15, 0.2) is 28.7 Å². The fourth-order valence-corrected chi connectivity index (χ4v) is 3.72. The number of hydrogen-bond donors (Lipinski definition) is 0. The molecule has 1 fully saturated rings. The normalized spacial score (nSPS) is 19.6. The number of halogens is 2. The van der Waals surface area contributed by atoms with Crippen LogP contribution in [0.4, 0.5) is 0 Å². The molecule has 0 aliphatic heterocycles. The zero-order valence-corrected chi connectivity index (χ0v) is 12.7. The van der Waals surface area contributed by atoms with Crippen molar-refractivity contribution < 1.29 is 0 Å². The lowest BCUT2D eigenvalue weighted by atomic mass is 9.72. The van der Waals surface area contributed by atoms with Crippen molar-refractivity contribution in [3.05, 3.63) is 34.3 Å². The molecule has 0 unspecified atom stereocenters. The highest BCUT2D eigenvalue weighted by molar-refractivity contribution is 9.10. The largest absolute Gasteiger partial charge is 0.0922 e. The van der Waals surface area contributed by atoms with E-state index in [0.717, 1.165) is 5.33 Å². The number of benzene rings is 1. The molecule has 1 aromatic rings. The van der Waals surface area contributed by atoms with E-state index in [0.29, 0.717) is 5.41 Å². The van der Waals surface area contributed by atoms with E-state index in [1.807, 2.05) is 0 Å². The number of rotatable bonds is 3. The minimum Gasteiger partial charge on any atom is -0.0922 e. The molecule has 0 bridgehead atoms. The highest BCUT2D eigenvalue weighted by Crippen LogP contribution is 2.40. The van der Waals surface area contributed by atoms with Gasteiger partial charge >= 0.3 is 0 Å². The Morgan fingerprint density at radius 1 is 1.00 bits per heavy atom. The highest BCUT2D eigenvalue weighted by Gasteiger charge is 2.30. The van der Waals surface area contributed by atoms with Crippen LogP contribution in [0.2, 0.25) is 0 Å². The van der Waals surface area contributed by atoms with Gasteiger partial charge in [-0.05, 0) is 42.4 Å². The molecular formula is C14H18Br2. The van der Waals surface area contributed by atoms with Gasteiger partial charge in [0.2, 0.25) is 0 Å². The summed E-state index contributed by atoms with van der Waals surface area (Å²) in [6.07, 6.45) is 8.23. The van der Waals surface area contributed by atoms with Crippen LogP contribution in [0, 0.1) is 5.41 Å². The van der Waals surface area contributed by atoms with Crippen LogP contribution in [-0.4, -0.2) is 5.33 Å². The lowest BCUT2D eigenvalue weighted by Gasteiger charge is -2.36. The topological polar surface area (TPSA) is 0 Å². The summed E-state index contributed by atoms with van der Waals surface area (Å²) in [5.74, 6) is 0. The standard InChI is InChI=1S/C14H18Br2/c15-11-14(8-2-1-3-9-14)10-12-4-6-13(16)7-5-12/h4-7H,1-3,8-11H2. The average molecular weight is 346 g/mol. The molecular weight excluding hydrogens is 328 g/mol. The van der Waals surface area contributed by atoms with E-state index in [1.54, 1.807) is 0 Å². The van der Waals surface area contributed by atoms with Crippen LogP contribution < -0.4 is 0 Å². The van der Waals surface area contributed by atoms with Crippen LogP contribution in [-0.2, 0) is 6.42 Å². The van der Waals surface area contributed by atoms with Crippen molar-refractivity contribution in [1.29, 1.82) is 0 Å². The second-order valence-electron chi connectivity index (χ2n) is 5.00. The van der Waals surface area contributed by atoms with E-state index in [-0.39, 0.29) is 0 Å². The van der Waals surface area contributed by atoms with E-state index in [1.165, 1.54) is 48.6 Å². The maximum absolute atomic E-state index is 3.73. The summed E-state index contributed by atoms with van der Waals surface area (Å²) >= 11 is 7.22. The first-order chi connectivity index (χ1) is 7.74. The van der Waals surface area contributed by atoms with Crippen LogP contribution >= 0.6 is 31.9 Å². The molecule has 0 aromatic heterocycles. The molecule has 0 saturated heterocycles. The third-order valence-corrected chi connectivity index (χ3v) is 5.41. The van der Waals surface area contributed by atoms with Crippen molar-refractivity contribution in [3.63, 3.8) is 0 Å². The van der Waals surface area contributed by atoms with E-state index in [4.69, 9.17) is 0 Å². The predicted molar refractivity (Wildman–Crippen MR) is 77.2 cm³/mol. The molecule has 16 heavy (non-hydrogen) atoms. The van der Waals surface area contributed by atoms with Crippen LogP contribution in [0.25, 0.3) is 0 Å². The molecule has 0 spiro atoms. The summed E-state index contributed by atoms with van der Waals surface area (Å²) in [6, 6.07) is 8.81. The van der Waals surface area contributed by atoms with Gasteiger partial charge in [0, 0.05) is 9.80 Å². The summed E-state index contributed by atoms with van der Waals surface area (Å²) in [4.78, 5) is 0. The first-order valence-corrected chi connectivity index (χ1v) is 7.96. The Morgan fingerprint density at radius 3 is 2.19 bits per heavy atom. The highest BCUT2D eigenvalue weighted by atomic mass is 79.9. The van der Waals surface area contributed by atoms with Crippen molar-refractivity contribution in [3.8, 4) is 0 Å². The second-order valence-corrected chi connectivity index (χ2v) is 6.47. The molecule has 0 amide bonds. The fraction of sp³-hybridized carbons (Fsp3) is 0.571. The molecule has 0 N–H and O–H groups in total. The summed E-state index contributed by atoms with van der Waals surface area (Å²) < 4.78 is 1.17. The van der Waals surface area contributed by atoms with Crippen LogP contribution in [0.3, 0.4) is 0 Å². The van der Waals surface area contributed by atoms with Gasteiger partial charge in [-0.15, -0.1) is 0 Å². The predicted octanol–water partition coefficient (Wildman–Crippen LogP) is 5.34. The smallest absolute Gasteiger partial charge is 0.0175 e. The number of alkyl halides is 1. The third-order valence-electron chi connectivity index (χ3n) is 3.69. The van der Waals surface area contributed by atoms with Crippen molar-refractivity contribution in [2.75, 3.05) is 5.33 Å². The average Bonchev–Trinajstić information content (AvgIpc) is 2.33. The Hall–Kier alpha value is 0.180. The van der Waals surface area contributed by atoms with Crippen LogP contribution in [0.5, 0.6) is 0 Å². The van der Waals surface area contributed by atoms with Gasteiger partial charge in [0.05, 0.1) is 0 Å². The minimum absolute atomic E-state index is 0.520. The Labute approximate surface area is 115 Å². The van der Waals surface area contributed by atoms with Crippen molar-refractivity contribution in [2.24, 2.45) is 5.41 Å². The minimum atomic E-state index is 0.520. The van der Waals surface area contributed by atoms with Gasteiger partial charge in [0.15, 0.2) is 0 Å². The molecule has 2 heteroatoms. The lowest BCUT2D eigenvalue weighted by Crippen LogP contribution is -2.28. The Morgan fingerprint density at radius 2 is 1.62 bits per heavy atom. The Bertz CT molecular complexity index is 323.